The molecule has 7 heteroatoms. The van der Waals surface area contributed by atoms with Crippen molar-refractivity contribution in [2.75, 3.05) is 26.6 Å². The highest BCUT2D eigenvalue weighted by Gasteiger charge is 2.50. The molecular weight excluding hydrogens is 382 g/mol. The number of nitrogens with zero attached hydrogens (tertiary/aromatic N) is 1. The van der Waals surface area contributed by atoms with Gasteiger partial charge in [0, 0.05) is 18.3 Å². The third kappa shape index (κ3) is 3.61. The second kappa shape index (κ2) is 8.69. The predicted molar refractivity (Wildman–Crippen MR) is 106 cm³/mol. The smallest absolute Gasteiger partial charge is 0.309 e. The fourth-order valence-corrected chi connectivity index (χ4v) is 4.27. The number of aliphatic carboxylic acids is 1. The van der Waals surface area contributed by atoms with Crippen molar-refractivity contribution in [3.05, 3.63) is 48.1 Å². The van der Waals surface area contributed by atoms with Gasteiger partial charge >= 0.3 is 5.97 Å². The van der Waals surface area contributed by atoms with Gasteiger partial charge in [0.25, 0.3) is 0 Å². The molecule has 2 aliphatic rings. The molecule has 1 aromatic rings. The maximum Gasteiger partial charge on any atom is 0.309 e. The summed E-state index contributed by atoms with van der Waals surface area (Å²) in [5.74, 6) is -1.23. The maximum atomic E-state index is 13.2. The predicted octanol–water partition coefficient (Wildman–Crippen LogP) is 3.28. The number of carbonyl (C=O) groups excluding carboxylic acids is 1. The molecule has 0 spiro atoms. The average Bonchev–Trinajstić information content (AvgIpc) is 2.72. The van der Waals surface area contributed by atoms with E-state index in [1.54, 1.807) is 35.3 Å². The van der Waals surface area contributed by atoms with Gasteiger partial charge in [0.05, 0.1) is 32.1 Å². The van der Waals surface area contributed by atoms with Crippen LogP contribution in [0.3, 0.4) is 0 Å². The van der Waals surface area contributed by atoms with Crippen LogP contribution in [0.2, 0.25) is 0 Å². The van der Waals surface area contributed by atoms with Gasteiger partial charge in [-0.25, -0.2) is 0 Å². The van der Waals surface area contributed by atoms with E-state index in [0.29, 0.717) is 35.9 Å². The number of carboxylic acids is 1. The van der Waals surface area contributed by atoms with Crippen molar-refractivity contribution < 1.29 is 24.2 Å². The summed E-state index contributed by atoms with van der Waals surface area (Å²) in [7, 11) is 3.07. The summed E-state index contributed by atoms with van der Waals surface area (Å²) >= 11 is 5.87. The van der Waals surface area contributed by atoms with E-state index in [0.717, 1.165) is 0 Å². The Bertz CT molecular complexity index is 806. The van der Waals surface area contributed by atoms with Crippen LogP contribution in [0.5, 0.6) is 11.5 Å². The van der Waals surface area contributed by atoms with Crippen molar-refractivity contribution >= 4 is 23.5 Å². The monoisotopic (exact) mass is 405 g/mol. The van der Waals surface area contributed by atoms with Crippen LogP contribution < -0.4 is 9.47 Å². The van der Waals surface area contributed by atoms with Crippen LogP contribution in [0.25, 0.3) is 0 Å². The highest BCUT2D eigenvalue weighted by atomic mass is 35.5. The summed E-state index contributed by atoms with van der Waals surface area (Å²) in [5.41, 5.74) is 0.703. The van der Waals surface area contributed by atoms with E-state index >= 15 is 0 Å². The number of halogens is 1. The molecule has 150 valence electrons. The lowest BCUT2D eigenvalue weighted by molar-refractivity contribution is -0.158. The summed E-state index contributed by atoms with van der Waals surface area (Å²) in [5, 5.41) is 10.1. The lowest BCUT2D eigenvalue weighted by Gasteiger charge is -2.46. The lowest BCUT2D eigenvalue weighted by Crippen LogP contribution is -2.54. The SMILES string of the molecule is COc1ccc([C@H]2[C@@H](C(=O)O)[C@@H]3C=CC=C[C@@H]3C(=O)N2CCCCl)cc1OC. The summed E-state index contributed by atoms with van der Waals surface area (Å²) in [6, 6.07) is 4.67. The molecule has 3 rings (SSSR count). The first-order valence-corrected chi connectivity index (χ1v) is 9.73. The van der Waals surface area contributed by atoms with E-state index in [1.807, 2.05) is 12.2 Å². The van der Waals surface area contributed by atoms with Crippen molar-refractivity contribution in [2.24, 2.45) is 17.8 Å². The van der Waals surface area contributed by atoms with Crippen molar-refractivity contribution in [3.63, 3.8) is 0 Å². The number of carbonyl (C=O) groups is 2. The largest absolute Gasteiger partial charge is 0.493 e. The Morgan fingerprint density at radius 3 is 2.54 bits per heavy atom. The Labute approximate surface area is 169 Å². The Hall–Kier alpha value is -2.47. The minimum atomic E-state index is -0.932. The fraction of sp³-hybridized carbons (Fsp3) is 0.429. The molecule has 1 saturated heterocycles. The van der Waals surface area contributed by atoms with Crippen LogP contribution >= 0.6 is 11.6 Å². The zero-order valence-corrected chi connectivity index (χ0v) is 16.6. The topological polar surface area (TPSA) is 76.1 Å². The van der Waals surface area contributed by atoms with E-state index in [4.69, 9.17) is 21.1 Å². The summed E-state index contributed by atoms with van der Waals surface area (Å²) < 4.78 is 10.7. The first kappa shape index (κ1) is 20.3. The average molecular weight is 406 g/mol. The molecule has 0 radical (unpaired) electrons. The standard InChI is InChI=1S/C21H24ClNO5/c1-27-16-9-8-13(12-17(16)28-2)19-18(21(25)26)14-6-3-4-7-15(14)20(24)23(19)11-5-10-22/h3-4,6-9,12,14-15,18-19H,5,10-11H2,1-2H3,(H,25,26)/t14-,15+,18+,19+/m1/s1. The molecule has 1 amide bonds. The molecule has 0 aromatic heterocycles. The van der Waals surface area contributed by atoms with E-state index < -0.39 is 29.8 Å². The number of benzene rings is 1. The van der Waals surface area contributed by atoms with Gasteiger partial charge in [0.1, 0.15) is 0 Å². The Morgan fingerprint density at radius 1 is 1.18 bits per heavy atom. The molecule has 6 nitrogen and oxygen atoms in total. The highest BCUT2D eigenvalue weighted by Crippen LogP contribution is 2.46. The van der Waals surface area contributed by atoms with Gasteiger partial charge in [-0.05, 0) is 24.1 Å². The molecule has 1 N–H and O–H groups in total. The van der Waals surface area contributed by atoms with Crippen LogP contribution in [-0.4, -0.2) is 48.5 Å². The van der Waals surface area contributed by atoms with Crippen LogP contribution in [-0.2, 0) is 9.59 Å². The summed E-state index contributed by atoms with van der Waals surface area (Å²) in [4.78, 5) is 27.2. The molecule has 0 bridgehead atoms. The number of hydrogen-bond acceptors (Lipinski definition) is 4. The molecule has 0 unspecified atom stereocenters. The molecule has 1 heterocycles. The van der Waals surface area contributed by atoms with E-state index in [9.17, 15) is 14.7 Å². The number of methoxy groups -OCH3 is 2. The number of carboxylic acid groups (broad SMARTS) is 1. The number of piperidine rings is 1. The summed E-state index contributed by atoms with van der Waals surface area (Å²) in [6.07, 6.45) is 7.81. The van der Waals surface area contributed by atoms with Crippen LogP contribution in [0, 0.1) is 17.8 Å². The van der Waals surface area contributed by atoms with Gasteiger partial charge in [-0.1, -0.05) is 30.4 Å². The second-order valence-corrected chi connectivity index (χ2v) is 7.25. The molecule has 4 atom stereocenters. The third-order valence-corrected chi connectivity index (χ3v) is 5.67. The summed E-state index contributed by atoms with van der Waals surface area (Å²) in [6.45, 7) is 0.395. The number of allylic oxidation sites excluding steroid dienone is 3. The van der Waals surface area contributed by atoms with Gasteiger partial charge in [0.2, 0.25) is 5.91 Å². The minimum Gasteiger partial charge on any atom is -0.493 e. The molecule has 28 heavy (non-hydrogen) atoms. The zero-order valence-electron chi connectivity index (χ0n) is 15.9. The number of hydrogen-bond donors (Lipinski definition) is 1. The van der Waals surface area contributed by atoms with E-state index in [2.05, 4.69) is 0 Å². The van der Waals surface area contributed by atoms with Gasteiger partial charge in [-0.15, -0.1) is 11.6 Å². The fourth-order valence-electron chi connectivity index (χ4n) is 4.15. The number of amides is 1. The minimum absolute atomic E-state index is 0.0759. The normalized spacial score (nSPS) is 26.1. The van der Waals surface area contributed by atoms with Gasteiger partial charge < -0.3 is 19.5 Å². The molecular formula is C21H24ClNO5. The molecule has 1 aliphatic heterocycles. The van der Waals surface area contributed by atoms with Crippen molar-refractivity contribution in [3.8, 4) is 11.5 Å². The van der Waals surface area contributed by atoms with Crippen molar-refractivity contribution in [1.82, 2.24) is 4.90 Å². The van der Waals surface area contributed by atoms with Gasteiger partial charge in [-0.3, -0.25) is 9.59 Å². The molecule has 1 aliphatic carbocycles. The number of fused-ring (bicyclic) bond motifs is 1. The van der Waals surface area contributed by atoms with E-state index in [-0.39, 0.29) is 5.91 Å². The highest BCUT2D eigenvalue weighted by molar-refractivity contribution is 6.17. The number of likely N-dealkylation sites (tertiary alicyclic amines) is 1. The Balaban J connectivity index is 2.11. The second-order valence-electron chi connectivity index (χ2n) is 6.87. The third-order valence-electron chi connectivity index (χ3n) is 5.40. The zero-order chi connectivity index (χ0) is 20.3. The molecule has 1 aromatic carbocycles. The quantitative estimate of drug-likeness (QED) is 0.704. The Kier molecular flexibility index (Phi) is 6.29. The van der Waals surface area contributed by atoms with Crippen LogP contribution in [0.15, 0.2) is 42.5 Å². The number of ether oxygens (including phenoxy) is 2. The van der Waals surface area contributed by atoms with Crippen molar-refractivity contribution in [2.45, 2.75) is 12.5 Å². The van der Waals surface area contributed by atoms with Gasteiger partial charge in [0.15, 0.2) is 11.5 Å². The number of alkyl halides is 1. The first-order chi connectivity index (χ1) is 13.5. The first-order valence-electron chi connectivity index (χ1n) is 9.19. The molecule has 0 saturated carbocycles. The van der Waals surface area contributed by atoms with Crippen LogP contribution in [0.1, 0.15) is 18.0 Å². The molecule has 1 fully saturated rings. The van der Waals surface area contributed by atoms with E-state index in [1.165, 1.54) is 14.2 Å². The maximum absolute atomic E-state index is 13.2. The van der Waals surface area contributed by atoms with Crippen LogP contribution in [0.4, 0.5) is 0 Å². The Morgan fingerprint density at radius 2 is 1.89 bits per heavy atom. The van der Waals surface area contributed by atoms with Crippen molar-refractivity contribution in [1.29, 1.82) is 0 Å². The van der Waals surface area contributed by atoms with Gasteiger partial charge in [-0.2, -0.15) is 0 Å². The lowest BCUT2D eigenvalue weighted by atomic mass is 9.69. The number of rotatable bonds is 7.